The van der Waals surface area contributed by atoms with Crippen molar-refractivity contribution in [1.82, 2.24) is 0 Å². The Morgan fingerprint density at radius 3 is 2.53 bits per heavy atom. The highest BCUT2D eigenvalue weighted by Gasteiger charge is 2.17. The van der Waals surface area contributed by atoms with Crippen LogP contribution in [0.15, 0.2) is 12.1 Å². The lowest BCUT2D eigenvalue weighted by Gasteiger charge is -2.24. The van der Waals surface area contributed by atoms with Gasteiger partial charge in [0.05, 0.1) is 17.9 Å². The van der Waals surface area contributed by atoms with Crippen molar-refractivity contribution in [2.75, 3.05) is 24.6 Å². The molecule has 0 radical (unpaired) electrons. The molecule has 0 aliphatic carbocycles. The van der Waals surface area contributed by atoms with Crippen LogP contribution in [0, 0.1) is 23.0 Å². The van der Waals surface area contributed by atoms with Crippen molar-refractivity contribution in [3.05, 3.63) is 29.3 Å². The molecule has 17 heavy (non-hydrogen) atoms. The van der Waals surface area contributed by atoms with Crippen molar-refractivity contribution < 1.29 is 13.9 Å². The van der Waals surface area contributed by atoms with Crippen molar-refractivity contribution in [3.8, 4) is 6.07 Å². The highest BCUT2D eigenvalue weighted by Crippen LogP contribution is 2.24. The van der Waals surface area contributed by atoms with E-state index in [1.807, 2.05) is 6.92 Å². The lowest BCUT2D eigenvalue weighted by Crippen LogP contribution is -2.28. The van der Waals surface area contributed by atoms with E-state index in [9.17, 15) is 8.78 Å². The molecule has 0 atom stereocenters. The third-order valence-corrected chi connectivity index (χ3v) is 2.39. The van der Waals surface area contributed by atoms with Gasteiger partial charge in [0.2, 0.25) is 0 Å². The third kappa shape index (κ3) is 2.92. The van der Waals surface area contributed by atoms with E-state index in [1.54, 1.807) is 11.0 Å². The minimum absolute atomic E-state index is 0.0809. The smallest absolute Gasteiger partial charge is 0.183 e. The molecular weight excluding hydrogens is 226 g/mol. The first-order valence-corrected chi connectivity index (χ1v) is 5.39. The molecule has 0 aliphatic rings. The van der Waals surface area contributed by atoms with Crippen LogP contribution < -0.4 is 4.90 Å². The monoisotopic (exact) mass is 240 g/mol. The van der Waals surface area contributed by atoms with Gasteiger partial charge in [0.1, 0.15) is 6.07 Å². The molecule has 5 heteroatoms. The molecule has 0 heterocycles. The van der Waals surface area contributed by atoms with E-state index < -0.39 is 11.6 Å². The zero-order chi connectivity index (χ0) is 12.8. The number of aliphatic hydroxyl groups excluding tert-OH is 1. The van der Waals surface area contributed by atoms with Crippen LogP contribution in [0.1, 0.15) is 18.9 Å². The topological polar surface area (TPSA) is 47.3 Å². The summed E-state index contributed by atoms with van der Waals surface area (Å²) in [7, 11) is 0. The molecule has 0 saturated heterocycles. The molecular formula is C12H14F2N2O. The molecule has 0 amide bonds. The number of hydrogen-bond acceptors (Lipinski definition) is 3. The Balaban J connectivity index is 3.12. The molecule has 0 bridgehead atoms. The van der Waals surface area contributed by atoms with Crippen LogP contribution in [0.2, 0.25) is 0 Å². The van der Waals surface area contributed by atoms with Crippen molar-refractivity contribution in [3.63, 3.8) is 0 Å². The molecule has 0 aliphatic heterocycles. The average Bonchev–Trinajstić information content (AvgIpc) is 2.32. The summed E-state index contributed by atoms with van der Waals surface area (Å²) in [6.07, 6.45) is 0.751. The summed E-state index contributed by atoms with van der Waals surface area (Å²) in [5.41, 5.74) is -0.232. The van der Waals surface area contributed by atoms with Gasteiger partial charge in [0.25, 0.3) is 0 Å². The Bertz CT molecular complexity index is 423. The minimum Gasteiger partial charge on any atom is -0.395 e. The summed E-state index contributed by atoms with van der Waals surface area (Å²) in [5, 5.41) is 17.4. The maximum absolute atomic E-state index is 13.7. The number of rotatable bonds is 5. The Kier molecular flexibility index (Phi) is 4.85. The molecule has 0 spiro atoms. The second kappa shape index (κ2) is 6.16. The van der Waals surface area contributed by atoms with E-state index in [2.05, 4.69) is 0 Å². The number of benzene rings is 1. The number of anilines is 1. The third-order valence-electron chi connectivity index (χ3n) is 2.39. The normalized spacial score (nSPS) is 10.1. The largest absolute Gasteiger partial charge is 0.395 e. The highest BCUT2D eigenvalue weighted by atomic mass is 19.2. The predicted molar refractivity (Wildman–Crippen MR) is 60.7 cm³/mol. The Morgan fingerprint density at radius 1 is 1.29 bits per heavy atom. The number of hydrogen-bond donors (Lipinski definition) is 1. The molecule has 1 rings (SSSR count). The summed E-state index contributed by atoms with van der Waals surface area (Å²) in [4.78, 5) is 1.56. The number of nitrogens with zero attached hydrogens (tertiary/aromatic N) is 2. The Hall–Kier alpha value is -1.67. The van der Waals surface area contributed by atoms with Gasteiger partial charge in [-0.05, 0) is 18.6 Å². The van der Waals surface area contributed by atoms with Gasteiger partial charge in [-0.1, -0.05) is 6.92 Å². The van der Waals surface area contributed by atoms with E-state index in [0.29, 0.717) is 6.54 Å². The van der Waals surface area contributed by atoms with Crippen LogP contribution in [0.3, 0.4) is 0 Å². The fourth-order valence-electron chi connectivity index (χ4n) is 1.61. The molecule has 0 aromatic heterocycles. The molecule has 0 unspecified atom stereocenters. The van der Waals surface area contributed by atoms with Gasteiger partial charge in [-0.3, -0.25) is 0 Å². The average molecular weight is 240 g/mol. The van der Waals surface area contributed by atoms with Gasteiger partial charge in [-0.15, -0.1) is 0 Å². The first-order chi connectivity index (χ1) is 8.15. The van der Waals surface area contributed by atoms with Crippen LogP contribution in [-0.2, 0) is 0 Å². The van der Waals surface area contributed by atoms with E-state index in [-0.39, 0.29) is 24.4 Å². The quantitative estimate of drug-likeness (QED) is 0.856. The van der Waals surface area contributed by atoms with Crippen LogP contribution in [0.5, 0.6) is 0 Å². The first kappa shape index (κ1) is 13.4. The standard InChI is InChI=1S/C12H14F2N2O/c1-2-5-16(6-7-17)10-4-3-9(8-15)11(13)12(10)14/h3-4,17H,2,5-7H2,1H3. The number of halogens is 2. The predicted octanol–water partition coefficient (Wildman–Crippen LogP) is 2.05. The van der Waals surface area contributed by atoms with Crippen molar-refractivity contribution >= 4 is 5.69 Å². The molecule has 1 aromatic rings. The molecule has 3 nitrogen and oxygen atoms in total. The highest BCUT2D eigenvalue weighted by molar-refractivity contribution is 5.52. The summed E-state index contributed by atoms with van der Waals surface area (Å²) in [6, 6.07) is 4.19. The lowest BCUT2D eigenvalue weighted by molar-refractivity contribution is 0.301. The maximum Gasteiger partial charge on any atom is 0.183 e. The number of aliphatic hydroxyl groups is 1. The Morgan fingerprint density at radius 2 is 2.00 bits per heavy atom. The molecule has 0 fully saturated rings. The van der Waals surface area contributed by atoms with Crippen LogP contribution >= 0.6 is 0 Å². The maximum atomic E-state index is 13.7. The van der Waals surface area contributed by atoms with Gasteiger partial charge < -0.3 is 10.0 Å². The summed E-state index contributed by atoms with van der Waals surface area (Å²) < 4.78 is 27.1. The van der Waals surface area contributed by atoms with E-state index in [4.69, 9.17) is 10.4 Å². The van der Waals surface area contributed by atoms with Crippen molar-refractivity contribution in [2.24, 2.45) is 0 Å². The van der Waals surface area contributed by atoms with E-state index in [1.165, 1.54) is 12.1 Å². The van der Waals surface area contributed by atoms with Gasteiger partial charge in [0, 0.05) is 13.1 Å². The molecule has 1 aromatic carbocycles. The van der Waals surface area contributed by atoms with Crippen molar-refractivity contribution in [1.29, 1.82) is 5.26 Å². The zero-order valence-electron chi connectivity index (χ0n) is 9.58. The fourth-order valence-corrected chi connectivity index (χ4v) is 1.61. The SMILES string of the molecule is CCCN(CCO)c1ccc(C#N)c(F)c1F. The van der Waals surface area contributed by atoms with Crippen LogP contribution in [0.4, 0.5) is 14.5 Å². The second-order valence-electron chi connectivity index (χ2n) is 3.58. The fraction of sp³-hybridized carbons (Fsp3) is 0.417. The first-order valence-electron chi connectivity index (χ1n) is 5.39. The number of nitriles is 1. The van der Waals surface area contributed by atoms with Gasteiger partial charge in [0.15, 0.2) is 11.6 Å². The molecule has 1 N–H and O–H groups in total. The van der Waals surface area contributed by atoms with Gasteiger partial charge in [-0.25, -0.2) is 8.78 Å². The summed E-state index contributed by atoms with van der Waals surface area (Å²) in [6.45, 7) is 2.52. The van der Waals surface area contributed by atoms with Crippen molar-refractivity contribution in [2.45, 2.75) is 13.3 Å². The van der Waals surface area contributed by atoms with Gasteiger partial charge in [-0.2, -0.15) is 5.26 Å². The molecule has 92 valence electrons. The zero-order valence-corrected chi connectivity index (χ0v) is 9.58. The van der Waals surface area contributed by atoms with Gasteiger partial charge >= 0.3 is 0 Å². The van der Waals surface area contributed by atoms with E-state index >= 15 is 0 Å². The summed E-state index contributed by atoms with van der Waals surface area (Å²) >= 11 is 0. The van der Waals surface area contributed by atoms with Crippen LogP contribution in [-0.4, -0.2) is 24.8 Å². The second-order valence-corrected chi connectivity index (χ2v) is 3.58. The minimum atomic E-state index is -1.14. The van der Waals surface area contributed by atoms with E-state index in [0.717, 1.165) is 6.42 Å². The molecule has 0 saturated carbocycles. The lowest BCUT2D eigenvalue weighted by atomic mass is 10.1. The Labute approximate surface area is 98.9 Å². The summed E-state index contributed by atoms with van der Waals surface area (Å²) in [5.74, 6) is -2.17. The van der Waals surface area contributed by atoms with Crippen LogP contribution in [0.25, 0.3) is 0 Å².